The first kappa shape index (κ1) is 20.4. The molecule has 0 N–H and O–H groups in total. The van der Waals surface area contributed by atoms with Gasteiger partial charge in [-0.2, -0.15) is 0 Å². The molecule has 2 unspecified atom stereocenters. The van der Waals surface area contributed by atoms with E-state index < -0.39 is 0 Å². The number of hydrogen-bond donors (Lipinski definition) is 0. The third kappa shape index (κ3) is 5.15. The normalized spacial score (nSPS) is 24.6. The minimum atomic E-state index is -0.0677. The summed E-state index contributed by atoms with van der Waals surface area (Å²) in [5.74, 6) is 1.67. The molecule has 0 amide bonds. The number of ether oxygens (including phenoxy) is 4. The molecule has 3 aliphatic heterocycles. The van der Waals surface area contributed by atoms with Crippen LogP contribution in [0.25, 0.3) is 0 Å². The zero-order chi connectivity index (χ0) is 19.4. The predicted molar refractivity (Wildman–Crippen MR) is 107 cm³/mol. The zero-order valence-corrected chi connectivity index (χ0v) is 17.5. The van der Waals surface area contributed by atoms with Gasteiger partial charge < -0.3 is 18.9 Å². The Labute approximate surface area is 163 Å². The highest BCUT2D eigenvalue weighted by atomic mass is 16.5. The molecule has 0 spiro atoms. The van der Waals surface area contributed by atoms with Gasteiger partial charge in [-0.05, 0) is 69.7 Å². The van der Waals surface area contributed by atoms with Crippen LogP contribution < -0.4 is 9.47 Å². The Balaban J connectivity index is 0.000000466. The Kier molecular flexibility index (Phi) is 6.66. The van der Waals surface area contributed by atoms with Gasteiger partial charge >= 0.3 is 0 Å². The number of piperidine rings is 1. The van der Waals surface area contributed by atoms with E-state index in [0.29, 0.717) is 12.1 Å². The van der Waals surface area contributed by atoms with E-state index in [9.17, 15) is 0 Å². The maximum absolute atomic E-state index is 6.21. The van der Waals surface area contributed by atoms with Gasteiger partial charge in [0.2, 0.25) is 0 Å². The smallest absolute Gasteiger partial charge is 0.161 e. The molecular formula is C22H35NO4. The van der Waals surface area contributed by atoms with Crippen LogP contribution in [0.1, 0.15) is 57.2 Å². The van der Waals surface area contributed by atoms with Gasteiger partial charge in [0.25, 0.3) is 0 Å². The van der Waals surface area contributed by atoms with Crippen molar-refractivity contribution in [3.05, 3.63) is 23.3 Å². The lowest BCUT2D eigenvalue weighted by molar-refractivity contribution is -0.0971. The molecule has 2 fully saturated rings. The van der Waals surface area contributed by atoms with Crippen molar-refractivity contribution in [2.45, 2.75) is 64.2 Å². The summed E-state index contributed by atoms with van der Waals surface area (Å²) in [6, 6.07) is 4.82. The Morgan fingerprint density at radius 3 is 2.22 bits per heavy atom. The number of benzene rings is 1. The van der Waals surface area contributed by atoms with Gasteiger partial charge in [-0.1, -0.05) is 0 Å². The van der Waals surface area contributed by atoms with Crippen LogP contribution in [0, 0.1) is 0 Å². The summed E-state index contributed by atoms with van der Waals surface area (Å²) in [6.07, 6.45) is 4.94. The second-order valence-electron chi connectivity index (χ2n) is 8.56. The van der Waals surface area contributed by atoms with Gasteiger partial charge in [0, 0.05) is 32.3 Å². The highest BCUT2D eigenvalue weighted by molar-refractivity contribution is 5.49. The standard InChI is InChI=1S/C19H29NO3.C3H6O/c1-19(2,3)23-14-6-7-16-15-11-18(22-5)17(21-4)10-13(15)8-9-20(16)12-14;1-2-4-3-1/h10-11,14,16H,6-9,12H2,1-5H3;1-3H2. The van der Waals surface area contributed by atoms with Gasteiger partial charge in [0.15, 0.2) is 11.5 Å². The van der Waals surface area contributed by atoms with E-state index in [1.165, 1.54) is 17.5 Å². The average molecular weight is 378 g/mol. The maximum atomic E-state index is 6.21. The fraction of sp³-hybridized carbons (Fsp3) is 0.727. The van der Waals surface area contributed by atoms with Crippen LogP contribution in [-0.2, 0) is 15.9 Å². The molecule has 1 aromatic carbocycles. The average Bonchev–Trinajstić information content (AvgIpc) is 2.57. The molecule has 152 valence electrons. The fourth-order valence-electron chi connectivity index (χ4n) is 4.07. The summed E-state index contributed by atoms with van der Waals surface area (Å²) in [4.78, 5) is 2.58. The Morgan fingerprint density at radius 1 is 1.04 bits per heavy atom. The lowest BCUT2D eigenvalue weighted by Gasteiger charge is -2.44. The number of rotatable bonds is 3. The maximum Gasteiger partial charge on any atom is 0.161 e. The fourth-order valence-corrected chi connectivity index (χ4v) is 4.07. The molecule has 2 saturated heterocycles. The molecule has 0 aromatic heterocycles. The SMILES string of the molecule is C1COC1.COc1cc2c(cc1OC)C1CCC(OC(C)(C)C)CN1CC2. The molecular weight excluding hydrogens is 342 g/mol. The van der Waals surface area contributed by atoms with Gasteiger partial charge in [-0.15, -0.1) is 0 Å². The van der Waals surface area contributed by atoms with Crippen molar-refractivity contribution >= 4 is 0 Å². The molecule has 0 saturated carbocycles. The molecule has 2 atom stereocenters. The molecule has 0 aliphatic carbocycles. The summed E-state index contributed by atoms with van der Waals surface area (Å²) >= 11 is 0. The van der Waals surface area contributed by atoms with Crippen molar-refractivity contribution in [2.75, 3.05) is 40.5 Å². The minimum Gasteiger partial charge on any atom is -0.493 e. The number of fused-ring (bicyclic) bond motifs is 3. The summed E-state index contributed by atoms with van der Waals surface area (Å²) in [5.41, 5.74) is 2.74. The first-order valence-electron chi connectivity index (χ1n) is 10.2. The van der Waals surface area contributed by atoms with Gasteiger partial charge in [-0.3, -0.25) is 4.90 Å². The molecule has 1 aromatic rings. The molecule has 0 radical (unpaired) electrons. The highest BCUT2D eigenvalue weighted by Crippen LogP contribution is 2.42. The number of hydrogen-bond acceptors (Lipinski definition) is 5. The van der Waals surface area contributed by atoms with Crippen molar-refractivity contribution in [1.82, 2.24) is 4.90 Å². The summed E-state index contributed by atoms with van der Waals surface area (Å²) in [6.45, 7) is 10.5. The van der Waals surface area contributed by atoms with Crippen molar-refractivity contribution in [3.63, 3.8) is 0 Å². The van der Waals surface area contributed by atoms with Gasteiger partial charge in [0.05, 0.1) is 25.9 Å². The van der Waals surface area contributed by atoms with Crippen LogP contribution in [-0.4, -0.2) is 57.1 Å². The van der Waals surface area contributed by atoms with E-state index >= 15 is 0 Å². The molecule has 27 heavy (non-hydrogen) atoms. The molecule has 3 aliphatic rings. The topological polar surface area (TPSA) is 40.2 Å². The van der Waals surface area contributed by atoms with Gasteiger partial charge in [-0.25, -0.2) is 0 Å². The van der Waals surface area contributed by atoms with E-state index in [1.54, 1.807) is 14.2 Å². The molecule has 4 rings (SSSR count). The van der Waals surface area contributed by atoms with Crippen LogP contribution in [0.4, 0.5) is 0 Å². The molecule has 0 bridgehead atoms. The van der Waals surface area contributed by atoms with Crippen molar-refractivity contribution < 1.29 is 18.9 Å². The van der Waals surface area contributed by atoms with Crippen LogP contribution in [0.2, 0.25) is 0 Å². The first-order valence-corrected chi connectivity index (χ1v) is 10.2. The van der Waals surface area contributed by atoms with Crippen LogP contribution in [0.5, 0.6) is 11.5 Å². The van der Waals surface area contributed by atoms with Crippen LogP contribution >= 0.6 is 0 Å². The zero-order valence-electron chi connectivity index (χ0n) is 17.5. The summed E-state index contributed by atoms with van der Waals surface area (Å²) in [5, 5.41) is 0. The summed E-state index contributed by atoms with van der Waals surface area (Å²) in [7, 11) is 3.41. The summed E-state index contributed by atoms with van der Waals surface area (Å²) < 4.78 is 21.9. The lowest BCUT2D eigenvalue weighted by atomic mass is 9.85. The van der Waals surface area contributed by atoms with Crippen LogP contribution in [0.3, 0.4) is 0 Å². The first-order chi connectivity index (χ1) is 12.9. The molecule has 5 nitrogen and oxygen atoms in total. The number of nitrogens with zero attached hydrogens (tertiary/aromatic N) is 1. The van der Waals surface area contributed by atoms with Crippen molar-refractivity contribution in [3.8, 4) is 11.5 Å². The van der Waals surface area contributed by atoms with E-state index in [2.05, 4.69) is 37.8 Å². The monoisotopic (exact) mass is 377 g/mol. The van der Waals surface area contributed by atoms with E-state index in [0.717, 1.165) is 57.1 Å². The Bertz CT molecular complexity index is 617. The van der Waals surface area contributed by atoms with Crippen molar-refractivity contribution in [2.24, 2.45) is 0 Å². The second kappa shape index (κ2) is 8.80. The molecule has 5 heteroatoms. The minimum absolute atomic E-state index is 0.0677. The third-order valence-electron chi connectivity index (χ3n) is 5.41. The Hall–Kier alpha value is -1.30. The largest absolute Gasteiger partial charge is 0.493 e. The van der Waals surface area contributed by atoms with Crippen LogP contribution in [0.15, 0.2) is 12.1 Å². The van der Waals surface area contributed by atoms with E-state index in [4.69, 9.17) is 18.9 Å². The van der Waals surface area contributed by atoms with Crippen molar-refractivity contribution in [1.29, 1.82) is 0 Å². The number of methoxy groups -OCH3 is 2. The van der Waals surface area contributed by atoms with E-state index in [1.807, 2.05) is 0 Å². The predicted octanol–water partition coefficient (Wildman–Crippen LogP) is 3.99. The Morgan fingerprint density at radius 2 is 1.67 bits per heavy atom. The second-order valence-corrected chi connectivity index (χ2v) is 8.56. The van der Waals surface area contributed by atoms with E-state index in [-0.39, 0.29) is 5.60 Å². The molecule has 3 heterocycles. The third-order valence-corrected chi connectivity index (χ3v) is 5.41. The highest BCUT2D eigenvalue weighted by Gasteiger charge is 2.35. The quantitative estimate of drug-likeness (QED) is 0.797. The van der Waals surface area contributed by atoms with Gasteiger partial charge in [0.1, 0.15) is 0 Å². The lowest BCUT2D eigenvalue weighted by Crippen LogP contribution is -2.47.